The van der Waals surface area contributed by atoms with E-state index < -0.39 is 28.1 Å². The van der Waals surface area contributed by atoms with Crippen LogP contribution in [0.5, 0.6) is 5.75 Å². The molecule has 1 aromatic heterocycles. The number of nitro benzene ring substituents is 1. The molecule has 0 aliphatic heterocycles. The highest BCUT2D eigenvalue weighted by atomic mass is 35.5. The molecule has 0 atom stereocenters. The number of carbonyl (C=O) groups is 2. The van der Waals surface area contributed by atoms with Gasteiger partial charge in [-0.05, 0) is 36.8 Å². The Balaban J connectivity index is 1.83. The zero-order chi connectivity index (χ0) is 22.7. The summed E-state index contributed by atoms with van der Waals surface area (Å²) in [5.41, 5.74) is 2.30. The first kappa shape index (κ1) is 21.9. The average molecular weight is 460 g/mol. The third-order valence-corrected chi connectivity index (χ3v) is 5.51. The number of hydrogen-bond donors (Lipinski definition) is 3. The molecule has 0 saturated heterocycles. The molecular formula is C20H14ClN3O6S. The molecule has 3 aromatic rings. The molecule has 0 spiro atoms. The van der Waals surface area contributed by atoms with Crippen molar-refractivity contribution >= 4 is 46.2 Å². The van der Waals surface area contributed by atoms with E-state index in [4.69, 9.17) is 16.7 Å². The Morgan fingerprint density at radius 3 is 2.58 bits per heavy atom. The van der Waals surface area contributed by atoms with E-state index in [-0.39, 0.29) is 11.3 Å². The van der Waals surface area contributed by atoms with Gasteiger partial charge in [-0.15, -0.1) is 11.3 Å². The number of halogens is 1. The number of hydrazone groups is 1. The van der Waals surface area contributed by atoms with Gasteiger partial charge in [-0.3, -0.25) is 14.9 Å². The van der Waals surface area contributed by atoms with Gasteiger partial charge >= 0.3 is 5.97 Å². The second-order valence-electron chi connectivity index (χ2n) is 6.27. The van der Waals surface area contributed by atoms with Gasteiger partial charge in [0.05, 0.1) is 21.1 Å². The van der Waals surface area contributed by atoms with Gasteiger partial charge in [-0.1, -0.05) is 23.7 Å². The number of thiophene rings is 1. The van der Waals surface area contributed by atoms with Crippen LogP contribution in [-0.4, -0.2) is 32.7 Å². The summed E-state index contributed by atoms with van der Waals surface area (Å²) in [5, 5.41) is 36.8. The molecule has 1 heterocycles. The summed E-state index contributed by atoms with van der Waals surface area (Å²) in [4.78, 5) is 34.2. The molecule has 0 radical (unpaired) electrons. The standard InChI is InChI=1S/C20H14ClN3O6S/c1-10(15-9-31-18(17(15)25)11-3-2-4-13(21)7-11)22-23-19(26)12-5-6-14(20(27)28)16(8-12)24(29)30/h2-9,25H,1H3,(H,23,26)(H,27,28). The number of rotatable bonds is 6. The number of carbonyl (C=O) groups excluding carboxylic acids is 1. The maximum absolute atomic E-state index is 12.3. The topological polar surface area (TPSA) is 142 Å². The Bertz CT molecular complexity index is 1240. The van der Waals surface area contributed by atoms with E-state index in [1.165, 1.54) is 11.3 Å². The predicted molar refractivity (Wildman–Crippen MR) is 116 cm³/mol. The molecule has 31 heavy (non-hydrogen) atoms. The summed E-state index contributed by atoms with van der Waals surface area (Å²) in [7, 11) is 0. The number of aromatic hydroxyl groups is 1. The van der Waals surface area contributed by atoms with Gasteiger partial charge in [0.15, 0.2) is 0 Å². The van der Waals surface area contributed by atoms with Crippen LogP contribution in [0.3, 0.4) is 0 Å². The Labute approximate surface area is 184 Å². The minimum Gasteiger partial charge on any atom is -0.506 e. The van der Waals surface area contributed by atoms with Crippen molar-refractivity contribution in [1.29, 1.82) is 0 Å². The normalized spacial score (nSPS) is 11.2. The third kappa shape index (κ3) is 4.71. The van der Waals surface area contributed by atoms with Gasteiger partial charge in [-0.25, -0.2) is 10.2 Å². The number of amides is 1. The van der Waals surface area contributed by atoms with Crippen LogP contribution in [0.15, 0.2) is 52.9 Å². The number of benzene rings is 2. The maximum atomic E-state index is 12.3. The Kier molecular flexibility index (Phi) is 6.33. The van der Waals surface area contributed by atoms with Gasteiger partial charge in [0.25, 0.3) is 11.6 Å². The van der Waals surface area contributed by atoms with E-state index in [0.717, 1.165) is 23.8 Å². The van der Waals surface area contributed by atoms with E-state index in [1.54, 1.807) is 36.6 Å². The molecule has 3 rings (SSSR count). The van der Waals surface area contributed by atoms with Crippen LogP contribution < -0.4 is 5.43 Å². The van der Waals surface area contributed by atoms with Crippen LogP contribution in [0.4, 0.5) is 5.69 Å². The van der Waals surface area contributed by atoms with Gasteiger partial charge < -0.3 is 10.2 Å². The van der Waals surface area contributed by atoms with Crippen molar-refractivity contribution in [3.63, 3.8) is 0 Å². The van der Waals surface area contributed by atoms with Crippen molar-refractivity contribution in [2.75, 3.05) is 0 Å². The summed E-state index contributed by atoms with van der Waals surface area (Å²) in [5.74, 6) is -2.27. The lowest BCUT2D eigenvalue weighted by Gasteiger charge is -2.05. The van der Waals surface area contributed by atoms with Crippen molar-refractivity contribution in [3.05, 3.63) is 79.7 Å². The van der Waals surface area contributed by atoms with Crippen LogP contribution >= 0.6 is 22.9 Å². The molecule has 2 aromatic carbocycles. The van der Waals surface area contributed by atoms with Crippen LogP contribution in [-0.2, 0) is 0 Å². The number of hydrogen-bond acceptors (Lipinski definition) is 7. The van der Waals surface area contributed by atoms with Crippen LogP contribution in [0.2, 0.25) is 5.02 Å². The molecule has 1 amide bonds. The summed E-state index contributed by atoms with van der Waals surface area (Å²) in [6.07, 6.45) is 0. The fraction of sp³-hybridized carbons (Fsp3) is 0.0500. The number of carboxylic acid groups (broad SMARTS) is 1. The minimum absolute atomic E-state index is 0.0239. The summed E-state index contributed by atoms with van der Waals surface area (Å²) in [6.45, 7) is 1.57. The minimum atomic E-state index is -1.48. The highest BCUT2D eigenvalue weighted by Gasteiger charge is 2.22. The zero-order valence-electron chi connectivity index (χ0n) is 15.8. The first-order valence-electron chi connectivity index (χ1n) is 8.62. The van der Waals surface area contributed by atoms with E-state index >= 15 is 0 Å². The number of nitrogens with zero attached hydrogens (tertiary/aromatic N) is 2. The van der Waals surface area contributed by atoms with Crippen molar-refractivity contribution in [2.24, 2.45) is 5.10 Å². The monoisotopic (exact) mass is 459 g/mol. The summed E-state index contributed by atoms with van der Waals surface area (Å²) < 4.78 is 0. The molecule has 0 bridgehead atoms. The molecule has 0 fully saturated rings. The maximum Gasteiger partial charge on any atom is 0.342 e. The summed E-state index contributed by atoms with van der Waals surface area (Å²) in [6, 6.07) is 9.97. The quantitative estimate of drug-likeness (QED) is 0.280. The first-order chi connectivity index (χ1) is 14.7. The average Bonchev–Trinajstić information content (AvgIpc) is 3.12. The van der Waals surface area contributed by atoms with Gasteiger partial charge in [0, 0.05) is 22.0 Å². The second kappa shape index (κ2) is 8.94. The largest absolute Gasteiger partial charge is 0.506 e. The Morgan fingerprint density at radius 2 is 1.94 bits per heavy atom. The molecule has 158 valence electrons. The van der Waals surface area contributed by atoms with E-state index in [9.17, 15) is 24.8 Å². The number of carboxylic acids is 1. The van der Waals surface area contributed by atoms with E-state index in [0.29, 0.717) is 21.2 Å². The zero-order valence-corrected chi connectivity index (χ0v) is 17.4. The number of nitro groups is 1. The van der Waals surface area contributed by atoms with Crippen LogP contribution in [0.25, 0.3) is 10.4 Å². The molecule has 0 aliphatic rings. The summed E-state index contributed by atoms with van der Waals surface area (Å²) >= 11 is 7.27. The molecular weight excluding hydrogens is 446 g/mol. The van der Waals surface area contributed by atoms with Gasteiger partial charge in [-0.2, -0.15) is 5.10 Å². The van der Waals surface area contributed by atoms with E-state index in [2.05, 4.69) is 10.5 Å². The second-order valence-corrected chi connectivity index (χ2v) is 7.59. The van der Waals surface area contributed by atoms with Crippen LogP contribution in [0.1, 0.15) is 33.2 Å². The lowest BCUT2D eigenvalue weighted by molar-refractivity contribution is -0.385. The highest BCUT2D eigenvalue weighted by molar-refractivity contribution is 7.14. The Morgan fingerprint density at radius 1 is 1.19 bits per heavy atom. The molecule has 11 heteroatoms. The van der Waals surface area contributed by atoms with E-state index in [1.807, 2.05) is 0 Å². The van der Waals surface area contributed by atoms with Crippen LogP contribution in [0, 0.1) is 10.1 Å². The predicted octanol–water partition coefficient (Wildman–Crippen LogP) is 4.53. The molecule has 0 aliphatic carbocycles. The van der Waals surface area contributed by atoms with Gasteiger partial charge in [0.2, 0.25) is 0 Å². The number of aromatic carboxylic acids is 1. The lowest BCUT2D eigenvalue weighted by atomic mass is 10.1. The highest BCUT2D eigenvalue weighted by Crippen LogP contribution is 2.39. The molecule has 3 N–H and O–H groups in total. The van der Waals surface area contributed by atoms with Crippen molar-refractivity contribution in [3.8, 4) is 16.2 Å². The molecule has 9 nitrogen and oxygen atoms in total. The number of nitrogens with one attached hydrogen (secondary N) is 1. The fourth-order valence-electron chi connectivity index (χ4n) is 2.71. The lowest BCUT2D eigenvalue weighted by Crippen LogP contribution is -2.19. The van der Waals surface area contributed by atoms with Crippen molar-refractivity contribution in [1.82, 2.24) is 5.43 Å². The third-order valence-electron chi connectivity index (χ3n) is 4.25. The fourth-order valence-corrected chi connectivity index (χ4v) is 3.90. The molecule has 0 saturated carbocycles. The van der Waals surface area contributed by atoms with Gasteiger partial charge in [0.1, 0.15) is 11.3 Å². The molecule has 0 unspecified atom stereocenters. The Hall–Kier alpha value is -3.76. The van der Waals surface area contributed by atoms with Crippen molar-refractivity contribution in [2.45, 2.75) is 6.92 Å². The first-order valence-corrected chi connectivity index (χ1v) is 9.88. The van der Waals surface area contributed by atoms with Crippen molar-refractivity contribution < 1.29 is 24.7 Å². The smallest absolute Gasteiger partial charge is 0.342 e. The SMILES string of the molecule is CC(=NNC(=O)c1ccc(C(=O)O)c([N+](=O)[O-])c1)c1csc(-c2cccc(Cl)c2)c1O.